The number of benzene rings is 2. The van der Waals surface area contributed by atoms with E-state index in [1.54, 1.807) is 68.3 Å². The average Bonchev–Trinajstić information content (AvgIpc) is 1.23. The lowest BCUT2D eigenvalue weighted by atomic mass is 10.1. The molecule has 12 aromatic rings. The summed E-state index contributed by atoms with van der Waals surface area (Å²) in [4.78, 5) is 90.1. The first-order chi connectivity index (χ1) is 48.2. The van der Waals surface area contributed by atoms with Crippen molar-refractivity contribution >= 4 is 63.8 Å². The monoisotopic (exact) mass is 1340 g/mol. The quantitative estimate of drug-likeness (QED) is 0.0245. The molecule has 0 atom stereocenters. The van der Waals surface area contributed by atoms with Gasteiger partial charge in [-0.2, -0.15) is 10.4 Å². The highest BCUT2D eigenvalue weighted by atomic mass is 32.1. The molecule has 0 unspecified atom stereocenters. The van der Waals surface area contributed by atoms with Crippen LogP contribution in [0.3, 0.4) is 0 Å². The van der Waals surface area contributed by atoms with E-state index in [0.717, 1.165) is 94.3 Å². The number of aryl methyl sites for hydroxylation is 6. The molecule has 26 nitrogen and oxygen atoms in total. The predicted octanol–water partition coefficient (Wildman–Crippen LogP) is 12.2. The van der Waals surface area contributed by atoms with Crippen molar-refractivity contribution in [3.8, 4) is 52.1 Å². The Morgan fingerprint density at radius 1 is 0.545 bits per heavy atom. The number of hydrogen-bond acceptors (Lipinski definition) is 23. The van der Waals surface area contributed by atoms with Gasteiger partial charge >= 0.3 is 0 Å². The van der Waals surface area contributed by atoms with Crippen molar-refractivity contribution in [3.63, 3.8) is 0 Å². The summed E-state index contributed by atoms with van der Waals surface area (Å²) in [6, 6.07) is 51.5. The maximum Gasteiger partial charge on any atom is 0.279 e. The first-order valence-electron chi connectivity index (χ1n) is 31.4. The summed E-state index contributed by atoms with van der Waals surface area (Å²) >= 11 is 1.44. The highest BCUT2D eigenvalue weighted by molar-refractivity contribution is 7.13. The fraction of sp³-hybridized carbons (Fsp3) is 0.181. The molecular formula is C72H72N22O4S. The fourth-order valence-corrected chi connectivity index (χ4v) is 9.82. The maximum absolute atomic E-state index is 12.2. The number of carbonyl (C=O) groups is 3. The average molecular weight is 1340 g/mol. The highest BCUT2D eigenvalue weighted by Crippen LogP contribution is 2.23. The van der Waals surface area contributed by atoms with Crippen LogP contribution in [0.2, 0.25) is 0 Å². The second kappa shape index (κ2) is 36.3. The van der Waals surface area contributed by atoms with Gasteiger partial charge < -0.3 is 20.7 Å². The summed E-state index contributed by atoms with van der Waals surface area (Å²) in [5.41, 5.74) is 20.0. The first-order valence-corrected chi connectivity index (χ1v) is 32.2. The third-order valence-corrected chi connectivity index (χ3v) is 14.8. The summed E-state index contributed by atoms with van der Waals surface area (Å²) in [6.07, 6.45) is 11.2. The van der Waals surface area contributed by atoms with Crippen LogP contribution < -0.4 is 37.7 Å². The Bertz CT molecular complexity index is 4640. The molecule has 12 rings (SSSR count). The lowest BCUT2D eigenvalue weighted by Crippen LogP contribution is -2.30. The van der Waals surface area contributed by atoms with Gasteiger partial charge in [0, 0.05) is 134 Å². The molecule has 10 heterocycles. The maximum atomic E-state index is 12.2. The van der Waals surface area contributed by atoms with Crippen LogP contribution in [0, 0.1) is 32.1 Å². The summed E-state index contributed by atoms with van der Waals surface area (Å²) in [6.45, 7) is 13.5. The molecule has 0 spiro atoms. The zero-order chi connectivity index (χ0) is 69.7. The Morgan fingerprint density at radius 2 is 1.07 bits per heavy atom. The lowest BCUT2D eigenvalue weighted by Gasteiger charge is -2.10. The van der Waals surface area contributed by atoms with Crippen LogP contribution in [0.15, 0.2) is 195 Å². The molecule has 7 N–H and O–H groups in total. The second-order valence-corrected chi connectivity index (χ2v) is 22.9. The minimum absolute atomic E-state index is 0.0865. The molecule has 0 radical (unpaired) electrons. The number of ether oxygens (including phenoxy) is 1. The molecule has 0 aliphatic carbocycles. The normalized spacial score (nSPS) is 10.4. The van der Waals surface area contributed by atoms with Crippen molar-refractivity contribution in [2.45, 2.75) is 73.9 Å². The van der Waals surface area contributed by atoms with Crippen LogP contribution in [0.4, 0.5) is 34.8 Å². The molecular weight excluding hydrogens is 1270 g/mol. The number of aromatic nitrogens is 14. The van der Waals surface area contributed by atoms with E-state index in [2.05, 4.69) is 103 Å². The Hall–Kier alpha value is -12.7. The summed E-state index contributed by atoms with van der Waals surface area (Å²) in [5.74, 6) is 4.78. The van der Waals surface area contributed by atoms with Gasteiger partial charge in [0.25, 0.3) is 11.8 Å². The number of nitrogens with zero attached hydrogens (tertiary/aromatic N) is 15. The van der Waals surface area contributed by atoms with E-state index in [9.17, 15) is 14.4 Å². The van der Waals surface area contributed by atoms with Gasteiger partial charge in [0.2, 0.25) is 5.91 Å². The molecule has 0 aliphatic rings. The second-order valence-electron chi connectivity index (χ2n) is 21.6. The van der Waals surface area contributed by atoms with Crippen LogP contribution in [-0.2, 0) is 35.5 Å². The number of carbonyl (C=O) groups excluding carboxylic acids is 3. The Morgan fingerprint density at radius 3 is 1.57 bits per heavy atom. The Kier molecular flexibility index (Phi) is 25.9. The predicted molar refractivity (Wildman–Crippen MR) is 382 cm³/mol. The number of pyridine rings is 4. The molecule has 3 amide bonds. The van der Waals surface area contributed by atoms with Gasteiger partial charge in [-0.05, 0) is 143 Å². The van der Waals surface area contributed by atoms with E-state index in [-0.39, 0.29) is 17.7 Å². The van der Waals surface area contributed by atoms with Gasteiger partial charge in [-0.1, -0.05) is 50.2 Å². The number of amides is 3. The molecule has 0 saturated heterocycles. The van der Waals surface area contributed by atoms with Crippen LogP contribution in [-0.4, -0.2) is 101 Å². The first kappa shape index (κ1) is 70.6. The zero-order valence-corrected chi connectivity index (χ0v) is 56.3. The highest BCUT2D eigenvalue weighted by Gasteiger charge is 2.14. The van der Waals surface area contributed by atoms with Crippen LogP contribution in [0.25, 0.3) is 46.1 Å². The van der Waals surface area contributed by atoms with Gasteiger partial charge in [-0.25, -0.2) is 39.9 Å². The number of thiophene rings is 1. The third-order valence-electron chi connectivity index (χ3n) is 13.8. The fourth-order valence-electron chi connectivity index (χ4n) is 9.05. The Labute approximate surface area is 576 Å². The third kappa shape index (κ3) is 22.2. The smallest absolute Gasteiger partial charge is 0.279 e. The molecule has 2 aromatic carbocycles. The molecule has 0 saturated carbocycles. The van der Waals surface area contributed by atoms with Crippen LogP contribution in [0.1, 0.15) is 86.0 Å². The molecule has 10 aromatic heterocycles. The number of rotatable bonds is 22. The van der Waals surface area contributed by atoms with E-state index >= 15 is 0 Å². The number of nitrogens with one attached hydrogen (secondary N) is 7. The standard InChI is InChI=1S/C19H16N6O.C19H19N5O.C17H20N6O.C17H17N5OS/c1-2-15-11-17(23-18(22-15)16-5-3-4-10-21-16)24-25-19(26)14-8-6-13(12-20)7-9-14;1-13-10-18(24-19(22-13)17-8-3-4-9-20-17)21-12-15-6-5-7-16(11-15)23-14(2)25;1-13-12-16(21-17(19-13)14-6-3-4-8-18-14)20-15-7-10-23(22-15)9-5-11-24-2;1-3-12-10-15(20-16(19-12)13-6-4-5-9-18-13)21-22-17(23)14-8-7-11(2)24-14/h3-11H,2H2,1H3,(H,25,26)(H,22,23,24);3-11H,12H2,1-2H3,(H,23,25)(H,21,22,24);3-4,6-8,10,12H,5,9,11H2,1-2H3,(H,19,20,21,22);4-10H,3H2,1-2H3,(H,22,23)(H,19,20,21). The molecule has 500 valence electrons. The van der Waals surface area contributed by atoms with Crippen molar-refractivity contribution < 1.29 is 19.1 Å². The summed E-state index contributed by atoms with van der Waals surface area (Å²) in [5, 5.41) is 22.6. The molecule has 99 heavy (non-hydrogen) atoms. The van der Waals surface area contributed by atoms with Crippen molar-refractivity contribution in [1.29, 1.82) is 5.26 Å². The van der Waals surface area contributed by atoms with Crippen LogP contribution in [0.5, 0.6) is 0 Å². The van der Waals surface area contributed by atoms with Crippen molar-refractivity contribution in [2.24, 2.45) is 0 Å². The number of hydrazine groups is 2. The van der Waals surface area contributed by atoms with Gasteiger partial charge in [0.15, 0.2) is 29.1 Å². The molecule has 0 fully saturated rings. The van der Waals surface area contributed by atoms with Gasteiger partial charge in [-0.15, -0.1) is 11.3 Å². The largest absolute Gasteiger partial charge is 0.385 e. The van der Waals surface area contributed by atoms with Gasteiger partial charge in [-0.3, -0.25) is 60.7 Å². The topological polar surface area (TPSA) is 341 Å². The number of nitriles is 1. The number of methoxy groups -OCH3 is 1. The number of hydrogen-bond donors (Lipinski definition) is 7. The van der Waals surface area contributed by atoms with Gasteiger partial charge in [0.1, 0.15) is 46.0 Å². The van der Waals surface area contributed by atoms with E-state index in [0.29, 0.717) is 74.7 Å². The van der Waals surface area contributed by atoms with E-state index < -0.39 is 0 Å². The SMILES string of the molecule is CC(=O)Nc1cccc(CNc2cc(C)nc(-c3ccccn3)n2)c1.CCc1cc(NNC(=O)c2ccc(C#N)cc2)nc(-c2ccccn2)n1.CCc1cc(NNC(=O)c2ccc(C)s2)nc(-c2ccccn2)n1.COCCCn1ccc(Nc2cc(C)nc(-c3ccccn3)n2)n1. The summed E-state index contributed by atoms with van der Waals surface area (Å²) in [7, 11) is 1.70. The number of anilines is 6. The molecule has 0 aliphatic heterocycles. The van der Waals surface area contributed by atoms with Crippen LogP contribution >= 0.6 is 11.3 Å². The molecule has 27 heteroatoms. The minimum Gasteiger partial charge on any atom is -0.385 e. The zero-order valence-electron chi connectivity index (χ0n) is 55.5. The Balaban J connectivity index is 0.000000154. The summed E-state index contributed by atoms with van der Waals surface area (Å²) < 4.78 is 6.94. The van der Waals surface area contributed by atoms with Crippen molar-refractivity contribution in [1.82, 2.24) is 80.4 Å². The molecule has 0 bridgehead atoms. The van der Waals surface area contributed by atoms with Gasteiger partial charge in [0.05, 0.1) is 16.5 Å². The van der Waals surface area contributed by atoms with E-state index in [4.69, 9.17) is 10.00 Å². The van der Waals surface area contributed by atoms with Crippen molar-refractivity contribution in [3.05, 3.63) is 244 Å². The van der Waals surface area contributed by atoms with Crippen molar-refractivity contribution in [2.75, 3.05) is 40.5 Å². The lowest BCUT2D eigenvalue weighted by molar-refractivity contribution is -0.114. The minimum atomic E-state index is -0.328. The van der Waals surface area contributed by atoms with E-state index in [1.807, 2.05) is 179 Å². The van der Waals surface area contributed by atoms with E-state index in [1.165, 1.54) is 18.3 Å².